The number of amides is 2. The molecule has 2 aromatic carbocycles. The van der Waals surface area contributed by atoms with Gasteiger partial charge in [-0.3, -0.25) is 14.6 Å². The maximum absolute atomic E-state index is 13.2. The lowest BCUT2D eigenvalue weighted by molar-refractivity contribution is -0.130. The molecule has 1 aliphatic heterocycles. The van der Waals surface area contributed by atoms with E-state index < -0.39 is 5.41 Å². The summed E-state index contributed by atoms with van der Waals surface area (Å²) in [5, 5.41) is 2.99. The Bertz CT molecular complexity index is 1110. The van der Waals surface area contributed by atoms with E-state index in [1.165, 1.54) is 0 Å². The second-order valence-electron chi connectivity index (χ2n) is 8.41. The van der Waals surface area contributed by atoms with Crippen molar-refractivity contribution >= 4 is 11.8 Å². The van der Waals surface area contributed by atoms with Crippen LogP contribution in [0.3, 0.4) is 0 Å². The molecular weight excluding hydrogens is 414 g/mol. The average Bonchev–Trinajstić information content (AvgIpc) is 3.30. The molecular formula is C27H29N3O3. The molecule has 2 heterocycles. The number of methoxy groups -OCH3 is 1. The van der Waals surface area contributed by atoms with Gasteiger partial charge >= 0.3 is 0 Å². The zero-order valence-electron chi connectivity index (χ0n) is 19.1. The molecule has 6 nitrogen and oxygen atoms in total. The molecule has 4 rings (SSSR count). The van der Waals surface area contributed by atoms with Crippen molar-refractivity contribution in [3.8, 4) is 16.9 Å². The van der Waals surface area contributed by atoms with E-state index in [0.717, 1.165) is 22.4 Å². The predicted molar refractivity (Wildman–Crippen MR) is 128 cm³/mol. The van der Waals surface area contributed by atoms with Crippen molar-refractivity contribution < 1.29 is 14.3 Å². The normalized spacial score (nSPS) is 17.6. The third-order valence-electron chi connectivity index (χ3n) is 6.26. The number of carbonyl (C=O) groups is 2. The minimum atomic E-state index is -0.660. The van der Waals surface area contributed by atoms with Crippen LogP contribution in [0.1, 0.15) is 29.4 Å². The number of benzene rings is 2. The van der Waals surface area contributed by atoms with E-state index in [4.69, 9.17) is 4.74 Å². The molecule has 1 saturated heterocycles. The number of nitrogens with one attached hydrogen (secondary N) is 1. The van der Waals surface area contributed by atoms with Gasteiger partial charge in [0, 0.05) is 31.4 Å². The smallest absolute Gasteiger partial charge is 0.272 e. The first-order chi connectivity index (χ1) is 16.1. The number of ether oxygens (including phenoxy) is 1. The summed E-state index contributed by atoms with van der Waals surface area (Å²) in [7, 11) is 1.67. The van der Waals surface area contributed by atoms with Crippen LogP contribution >= 0.6 is 0 Å². The summed E-state index contributed by atoms with van der Waals surface area (Å²) in [6, 6.07) is 21.5. The van der Waals surface area contributed by atoms with E-state index in [-0.39, 0.29) is 11.8 Å². The zero-order chi connectivity index (χ0) is 23.3. The number of carbonyl (C=O) groups excluding carboxylic acids is 2. The summed E-state index contributed by atoms with van der Waals surface area (Å²) < 4.78 is 5.49. The lowest BCUT2D eigenvalue weighted by Crippen LogP contribution is -2.45. The Labute approximate surface area is 194 Å². The van der Waals surface area contributed by atoms with Crippen molar-refractivity contribution in [3.05, 3.63) is 84.2 Å². The molecule has 0 bridgehead atoms. The molecule has 3 aromatic rings. The number of rotatable bonds is 7. The summed E-state index contributed by atoms with van der Waals surface area (Å²) in [5.41, 5.74) is 2.89. The van der Waals surface area contributed by atoms with Crippen LogP contribution in [0.5, 0.6) is 5.75 Å². The van der Waals surface area contributed by atoms with Gasteiger partial charge in [0.15, 0.2) is 0 Å². The molecule has 1 atom stereocenters. The highest BCUT2D eigenvalue weighted by Gasteiger charge is 2.46. The van der Waals surface area contributed by atoms with Crippen LogP contribution in [0, 0.1) is 5.41 Å². The van der Waals surface area contributed by atoms with Crippen LogP contribution in [0.15, 0.2) is 72.9 Å². The van der Waals surface area contributed by atoms with Crippen LogP contribution in [-0.2, 0) is 11.2 Å². The van der Waals surface area contributed by atoms with Gasteiger partial charge < -0.3 is 15.0 Å². The van der Waals surface area contributed by atoms with Gasteiger partial charge in [-0.15, -0.1) is 0 Å². The monoisotopic (exact) mass is 443 g/mol. The zero-order valence-corrected chi connectivity index (χ0v) is 19.1. The molecule has 170 valence electrons. The van der Waals surface area contributed by atoms with Gasteiger partial charge in [-0.05, 0) is 49.1 Å². The highest BCUT2D eigenvalue weighted by atomic mass is 16.5. The topological polar surface area (TPSA) is 71.5 Å². The van der Waals surface area contributed by atoms with Gasteiger partial charge in [-0.1, -0.05) is 48.5 Å². The lowest BCUT2D eigenvalue weighted by Gasteiger charge is -2.28. The SMILES string of the molecule is CCNC(=O)[C@]1(Cc2ccc(-c3ccccc3OC)cc2)CCN(C(=O)c2ccccn2)C1. The molecule has 0 spiro atoms. The predicted octanol–water partition coefficient (Wildman–Crippen LogP) is 3.97. The number of aromatic nitrogens is 1. The Morgan fingerprint density at radius 1 is 1.06 bits per heavy atom. The molecule has 2 amide bonds. The molecule has 0 saturated carbocycles. The van der Waals surface area contributed by atoms with Gasteiger partial charge in [0.1, 0.15) is 11.4 Å². The van der Waals surface area contributed by atoms with E-state index in [1.54, 1.807) is 36.4 Å². The van der Waals surface area contributed by atoms with E-state index >= 15 is 0 Å². The van der Waals surface area contributed by atoms with Crippen LogP contribution < -0.4 is 10.1 Å². The molecule has 1 aliphatic rings. The second kappa shape index (κ2) is 9.86. The highest BCUT2D eigenvalue weighted by molar-refractivity contribution is 5.93. The molecule has 6 heteroatoms. The summed E-state index contributed by atoms with van der Waals surface area (Å²) in [6.07, 6.45) is 2.80. The number of likely N-dealkylation sites (tertiary alicyclic amines) is 1. The fraction of sp³-hybridized carbons (Fsp3) is 0.296. The van der Waals surface area contributed by atoms with Crippen molar-refractivity contribution in [2.75, 3.05) is 26.7 Å². The fourth-order valence-corrected chi connectivity index (χ4v) is 4.53. The van der Waals surface area contributed by atoms with Gasteiger partial charge in [0.25, 0.3) is 5.91 Å². The minimum Gasteiger partial charge on any atom is -0.496 e. The third kappa shape index (κ3) is 4.75. The molecule has 1 fully saturated rings. The maximum atomic E-state index is 13.2. The number of nitrogens with zero attached hydrogens (tertiary/aromatic N) is 2. The third-order valence-corrected chi connectivity index (χ3v) is 6.26. The second-order valence-corrected chi connectivity index (χ2v) is 8.41. The summed E-state index contributed by atoms with van der Waals surface area (Å²) in [5.74, 6) is 0.687. The quantitative estimate of drug-likeness (QED) is 0.600. The summed E-state index contributed by atoms with van der Waals surface area (Å²) in [6.45, 7) is 3.38. The first-order valence-electron chi connectivity index (χ1n) is 11.3. The van der Waals surface area contributed by atoms with Crippen molar-refractivity contribution in [3.63, 3.8) is 0 Å². The molecule has 1 N–H and O–H groups in total. The van der Waals surface area contributed by atoms with E-state index in [0.29, 0.717) is 38.2 Å². The average molecular weight is 444 g/mol. The van der Waals surface area contributed by atoms with Crippen LogP contribution in [0.4, 0.5) is 0 Å². The van der Waals surface area contributed by atoms with Gasteiger partial charge in [-0.25, -0.2) is 0 Å². The molecule has 0 aliphatic carbocycles. The minimum absolute atomic E-state index is 0.00451. The number of pyridine rings is 1. The Morgan fingerprint density at radius 2 is 1.82 bits per heavy atom. The number of para-hydroxylation sites is 1. The molecule has 0 radical (unpaired) electrons. The summed E-state index contributed by atoms with van der Waals surface area (Å²) >= 11 is 0. The van der Waals surface area contributed by atoms with Crippen LogP contribution in [0.25, 0.3) is 11.1 Å². The molecule has 1 aromatic heterocycles. The van der Waals surface area contributed by atoms with Crippen molar-refractivity contribution in [2.45, 2.75) is 19.8 Å². The van der Waals surface area contributed by atoms with Crippen molar-refractivity contribution in [1.82, 2.24) is 15.2 Å². The Kier molecular flexibility index (Phi) is 6.73. The number of hydrogen-bond donors (Lipinski definition) is 1. The Balaban J connectivity index is 1.56. The van der Waals surface area contributed by atoms with Gasteiger partial charge in [-0.2, -0.15) is 0 Å². The lowest BCUT2D eigenvalue weighted by atomic mass is 9.79. The Hall–Kier alpha value is -3.67. The Morgan fingerprint density at radius 3 is 2.52 bits per heavy atom. The van der Waals surface area contributed by atoms with Gasteiger partial charge in [0.05, 0.1) is 12.5 Å². The largest absolute Gasteiger partial charge is 0.496 e. The van der Waals surface area contributed by atoms with Crippen molar-refractivity contribution in [2.24, 2.45) is 5.41 Å². The van der Waals surface area contributed by atoms with Crippen LogP contribution in [0.2, 0.25) is 0 Å². The molecule has 33 heavy (non-hydrogen) atoms. The first kappa shape index (κ1) is 22.5. The fourth-order valence-electron chi connectivity index (χ4n) is 4.53. The number of hydrogen-bond acceptors (Lipinski definition) is 4. The van der Waals surface area contributed by atoms with E-state index in [1.807, 2.05) is 31.2 Å². The van der Waals surface area contributed by atoms with E-state index in [2.05, 4.69) is 34.6 Å². The standard InChI is InChI=1S/C27H29N3O3/c1-3-28-26(32)27(15-17-30(19-27)25(31)23-9-6-7-16-29-23)18-20-11-13-21(14-12-20)22-8-4-5-10-24(22)33-2/h4-14,16H,3,15,17-19H2,1-2H3,(H,28,32)/t27-/m0/s1. The van der Waals surface area contributed by atoms with Crippen molar-refractivity contribution in [1.29, 1.82) is 0 Å². The van der Waals surface area contributed by atoms with Crippen LogP contribution in [-0.4, -0.2) is 48.4 Å². The molecule has 0 unspecified atom stereocenters. The summed E-state index contributed by atoms with van der Waals surface area (Å²) in [4.78, 5) is 32.1. The maximum Gasteiger partial charge on any atom is 0.272 e. The van der Waals surface area contributed by atoms with E-state index in [9.17, 15) is 9.59 Å². The first-order valence-corrected chi connectivity index (χ1v) is 11.3. The highest BCUT2D eigenvalue weighted by Crippen LogP contribution is 2.36. The van der Waals surface area contributed by atoms with Gasteiger partial charge in [0.2, 0.25) is 5.91 Å².